The molecule has 0 bridgehead atoms. The van der Waals surface area contributed by atoms with Crippen LogP contribution >= 0.6 is 0 Å². The van der Waals surface area contributed by atoms with E-state index in [0.29, 0.717) is 25.6 Å². The number of β-amino-alcohol motifs (C(OH)–C–C–N with tert-alkyl or cyclic N) is 1. The Kier molecular flexibility index (Phi) is 6.43. The van der Waals surface area contributed by atoms with E-state index < -0.39 is 18.3 Å². The molecule has 0 radical (unpaired) electrons. The molecule has 0 spiro atoms. The standard InChI is InChI=1S/C21H28N4O4/c26-18-11-25-17(10-14-3-5-15(6-4-14)19-12-22-13-28-19)20(18)29-21(27)24-9-7-16-2-1-8-23-16/h3-6,12-13,16-18,20,23,25-26H,1-2,7-11H2,(H,24,27)/t16-,17+,18-,20-/m0/s1. The van der Waals surface area contributed by atoms with Crippen LogP contribution in [0.1, 0.15) is 24.8 Å². The summed E-state index contributed by atoms with van der Waals surface area (Å²) >= 11 is 0. The zero-order valence-electron chi connectivity index (χ0n) is 16.3. The third kappa shape index (κ3) is 5.14. The molecular formula is C21H28N4O4. The molecule has 2 aliphatic rings. The Morgan fingerprint density at radius 2 is 2.17 bits per heavy atom. The minimum atomic E-state index is -0.712. The largest absolute Gasteiger partial charge is 0.444 e. The van der Waals surface area contributed by atoms with Crippen LogP contribution in [0, 0.1) is 0 Å². The average Bonchev–Trinajstić information content (AvgIpc) is 3.48. The van der Waals surface area contributed by atoms with Crippen molar-refractivity contribution in [3.8, 4) is 11.3 Å². The van der Waals surface area contributed by atoms with E-state index in [1.165, 1.54) is 12.8 Å². The van der Waals surface area contributed by atoms with Gasteiger partial charge in [0.25, 0.3) is 0 Å². The number of benzene rings is 1. The molecule has 0 saturated carbocycles. The average molecular weight is 400 g/mol. The highest BCUT2D eigenvalue weighted by atomic mass is 16.6. The van der Waals surface area contributed by atoms with Gasteiger partial charge in [-0.1, -0.05) is 24.3 Å². The fourth-order valence-electron chi connectivity index (χ4n) is 4.06. The van der Waals surface area contributed by atoms with Gasteiger partial charge in [0.15, 0.2) is 12.2 Å². The summed E-state index contributed by atoms with van der Waals surface area (Å²) in [5, 5.41) is 19.7. The summed E-state index contributed by atoms with van der Waals surface area (Å²) < 4.78 is 10.9. The van der Waals surface area contributed by atoms with Gasteiger partial charge in [-0.15, -0.1) is 0 Å². The van der Waals surface area contributed by atoms with Crippen LogP contribution in [0.4, 0.5) is 4.79 Å². The second-order valence-electron chi connectivity index (χ2n) is 7.73. The lowest BCUT2D eigenvalue weighted by Crippen LogP contribution is -2.42. The Morgan fingerprint density at radius 3 is 2.90 bits per heavy atom. The minimum absolute atomic E-state index is 0.136. The molecule has 2 aromatic rings. The monoisotopic (exact) mass is 400 g/mol. The van der Waals surface area contributed by atoms with E-state index in [-0.39, 0.29) is 6.04 Å². The predicted molar refractivity (Wildman–Crippen MR) is 107 cm³/mol. The molecule has 1 aromatic carbocycles. The molecule has 4 N–H and O–H groups in total. The molecule has 2 fully saturated rings. The molecule has 0 unspecified atom stereocenters. The lowest BCUT2D eigenvalue weighted by molar-refractivity contribution is 0.0189. The van der Waals surface area contributed by atoms with E-state index in [1.807, 2.05) is 24.3 Å². The SMILES string of the molecule is O=C(NCC[C@@H]1CCCN1)O[C@@H]1[C@@H](O)CN[C@@H]1Cc1ccc(-c2cnco2)cc1. The fourth-order valence-corrected chi connectivity index (χ4v) is 4.06. The van der Waals surface area contributed by atoms with E-state index >= 15 is 0 Å². The topological polar surface area (TPSA) is 109 Å². The molecule has 1 aromatic heterocycles. The normalized spacial score (nSPS) is 26.5. The van der Waals surface area contributed by atoms with Crippen molar-refractivity contribution >= 4 is 6.09 Å². The summed E-state index contributed by atoms with van der Waals surface area (Å²) in [5.41, 5.74) is 2.04. The summed E-state index contributed by atoms with van der Waals surface area (Å²) in [6.45, 7) is 2.03. The first-order chi connectivity index (χ1) is 14.2. The summed E-state index contributed by atoms with van der Waals surface area (Å²) in [5.74, 6) is 0.719. The summed E-state index contributed by atoms with van der Waals surface area (Å²) in [4.78, 5) is 16.1. The maximum Gasteiger partial charge on any atom is 0.407 e. The number of carbonyl (C=O) groups excluding carboxylic acids is 1. The van der Waals surface area contributed by atoms with Gasteiger partial charge in [-0.3, -0.25) is 0 Å². The van der Waals surface area contributed by atoms with Crippen molar-refractivity contribution in [3.63, 3.8) is 0 Å². The van der Waals surface area contributed by atoms with Gasteiger partial charge in [-0.25, -0.2) is 9.78 Å². The van der Waals surface area contributed by atoms with Gasteiger partial charge in [0.05, 0.1) is 12.2 Å². The number of hydrogen-bond donors (Lipinski definition) is 4. The molecular weight excluding hydrogens is 372 g/mol. The van der Waals surface area contributed by atoms with Crippen molar-refractivity contribution in [1.82, 2.24) is 20.9 Å². The molecule has 1 amide bonds. The molecule has 8 nitrogen and oxygen atoms in total. The molecule has 8 heteroatoms. The number of ether oxygens (including phenoxy) is 1. The van der Waals surface area contributed by atoms with Gasteiger partial charge in [-0.05, 0) is 37.8 Å². The van der Waals surface area contributed by atoms with Crippen LogP contribution in [-0.4, -0.2) is 60.1 Å². The molecule has 3 heterocycles. The maximum absolute atomic E-state index is 12.2. The van der Waals surface area contributed by atoms with Crippen LogP contribution in [0.15, 0.2) is 41.3 Å². The van der Waals surface area contributed by atoms with Gasteiger partial charge in [0.2, 0.25) is 0 Å². The first kappa shape index (κ1) is 19.9. The van der Waals surface area contributed by atoms with Crippen molar-refractivity contribution in [2.75, 3.05) is 19.6 Å². The molecule has 156 valence electrons. The third-order valence-corrected chi connectivity index (χ3v) is 5.66. The Balaban J connectivity index is 1.28. The predicted octanol–water partition coefficient (Wildman–Crippen LogP) is 1.45. The molecule has 2 aliphatic heterocycles. The highest BCUT2D eigenvalue weighted by Crippen LogP contribution is 2.22. The smallest absolute Gasteiger partial charge is 0.407 e. The maximum atomic E-state index is 12.2. The number of aliphatic hydroxyl groups excluding tert-OH is 1. The Bertz CT molecular complexity index is 774. The summed E-state index contributed by atoms with van der Waals surface area (Å²) in [6.07, 6.45) is 5.21. The molecule has 0 aliphatic carbocycles. The molecule has 2 saturated heterocycles. The zero-order chi connectivity index (χ0) is 20.1. The Labute approximate surface area is 170 Å². The van der Waals surface area contributed by atoms with E-state index in [9.17, 15) is 9.90 Å². The van der Waals surface area contributed by atoms with Crippen molar-refractivity contribution < 1.29 is 19.1 Å². The van der Waals surface area contributed by atoms with Crippen molar-refractivity contribution in [2.24, 2.45) is 0 Å². The second kappa shape index (κ2) is 9.39. The zero-order valence-corrected chi connectivity index (χ0v) is 16.3. The summed E-state index contributed by atoms with van der Waals surface area (Å²) in [6, 6.07) is 8.30. The summed E-state index contributed by atoms with van der Waals surface area (Å²) in [7, 11) is 0. The minimum Gasteiger partial charge on any atom is -0.444 e. The molecule has 4 rings (SSSR count). The van der Waals surface area contributed by atoms with Crippen LogP contribution in [-0.2, 0) is 11.2 Å². The number of alkyl carbamates (subject to hydrolysis) is 1. The fraction of sp³-hybridized carbons (Fsp3) is 0.524. The van der Waals surface area contributed by atoms with E-state index in [2.05, 4.69) is 20.9 Å². The Hall–Kier alpha value is -2.42. The van der Waals surface area contributed by atoms with Crippen LogP contribution in [0.25, 0.3) is 11.3 Å². The lowest BCUT2D eigenvalue weighted by atomic mass is 10.00. The number of amides is 1. The van der Waals surface area contributed by atoms with Gasteiger partial charge < -0.3 is 30.2 Å². The Morgan fingerprint density at radius 1 is 1.31 bits per heavy atom. The van der Waals surface area contributed by atoms with E-state index in [1.54, 1.807) is 6.20 Å². The number of nitrogens with zero attached hydrogens (tertiary/aromatic N) is 1. The number of nitrogens with one attached hydrogen (secondary N) is 3. The van der Waals surface area contributed by atoms with Crippen LogP contribution in [0.5, 0.6) is 0 Å². The number of oxazole rings is 1. The van der Waals surface area contributed by atoms with Crippen LogP contribution in [0.3, 0.4) is 0 Å². The first-order valence-corrected chi connectivity index (χ1v) is 10.3. The second-order valence-corrected chi connectivity index (χ2v) is 7.73. The highest BCUT2D eigenvalue weighted by molar-refractivity contribution is 5.67. The molecule has 29 heavy (non-hydrogen) atoms. The highest BCUT2D eigenvalue weighted by Gasteiger charge is 2.37. The van der Waals surface area contributed by atoms with Gasteiger partial charge in [0, 0.05) is 24.7 Å². The number of hydrogen-bond acceptors (Lipinski definition) is 7. The van der Waals surface area contributed by atoms with E-state index in [4.69, 9.17) is 9.15 Å². The van der Waals surface area contributed by atoms with Gasteiger partial charge in [-0.2, -0.15) is 0 Å². The molecule has 4 atom stereocenters. The number of rotatable bonds is 7. The van der Waals surface area contributed by atoms with E-state index in [0.717, 1.165) is 36.3 Å². The van der Waals surface area contributed by atoms with Crippen LogP contribution < -0.4 is 16.0 Å². The first-order valence-electron chi connectivity index (χ1n) is 10.3. The quantitative estimate of drug-likeness (QED) is 0.557. The number of carbonyl (C=O) groups is 1. The van der Waals surface area contributed by atoms with Gasteiger partial charge >= 0.3 is 6.09 Å². The number of aliphatic hydroxyl groups is 1. The van der Waals surface area contributed by atoms with Crippen molar-refractivity contribution in [2.45, 2.75) is 50.0 Å². The van der Waals surface area contributed by atoms with Crippen molar-refractivity contribution in [3.05, 3.63) is 42.4 Å². The van der Waals surface area contributed by atoms with Crippen molar-refractivity contribution in [1.29, 1.82) is 0 Å². The number of aromatic nitrogens is 1. The lowest BCUT2D eigenvalue weighted by Gasteiger charge is -2.22. The third-order valence-electron chi connectivity index (χ3n) is 5.66. The van der Waals surface area contributed by atoms with Crippen LogP contribution in [0.2, 0.25) is 0 Å². The van der Waals surface area contributed by atoms with Gasteiger partial charge in [0.1, 0.15) is 12.2 Å².